The van der Waals surface area contributed by atoms with Gasteiger partial charge in [0.15, 0.2) is 0 Å². The summed E-state index contributed by atoms with van der Waals surface area (Å²) >= 11 is 11.8. The van der Waals surface area contributed by atoms with Gasteiger partial charge in [-0.3, -0.25) is 9.48 Å². The van der Waals surface area contributed by atoms with Crippen molar-refractivity contribution in [2.24, 2.45) is 0 Å². The van der Waals surface area contributed by atoms with Crippen LogP contribution in [0.15, 0.2) is 30.6 Å². The smallest absolute Gasteiger partial charge is 0.258 e. The van der Waals surface area contributed by atoms with Gasteiger partial charge in [-0.05, 0) is 25.1 Å². The molecular formula is C12H11Cl2N3O. The Labute approximate surface area is 115 Å². The van der Waals surface area contributed by atoms with Crippen molar-refractivity contribution in [1.29, 1.82) is 0 Å². The minimum atomic E-state index is -0.265. The molecule has 0 unspecified atom stereocenters. The fourth-order valence-corrected chi connectivity index (χ4v) is 1.78. The van der Waals surface area contributed by atoms with Crippen LogP contribution < -0.4 is 5.32 Å². The van der Waals surface area contributed by atoms with Crippen molar-refractivity contribution in [3.05, 3.63) is 46.2 Å². The molecule has 0 aliphatic rings. The molecule has 0 fully saturated rings. The lowest BCUT2D eigenvalue weighted by atomic mass is 10.3. The Morgan fingerprint density at radius 3 is 2.89 bits per heavy atom. The van der Waals surface area contributed by atoms with Crippen LogP contribution >= 0.6 is 23.2 Å². The van der Waals surface area contributed by atoms with Crippen LogP contribution in [0.2, 0.25) is 10.0 Å². The van der Waals surface area contributed by atoms with Gasteiger partial charge >= 0.3 is 0 Å². The summed E-state index contributed by atoms with van der Waals surface area (Å²) in [6.45, 7) is 2.66. The fourth-order valence-electron chi connectivity index (χ4n) is 1.44. The number of carbonyl (C=O) groups excluding carboxylic acids is 1. The maximum atomic E-state index is 11.9. The molecule has 6 heteroatoms. The summed E-state index contributed by atoms with van der Waals surface area (Å²) in [6, 6.07) is 4.90. The molecule has 1 aromatic carbocycles. The second-order valence-electron chi connectivity index (χ2n) is 3.66. The van der Waals surface area contributed by atoms with E-state index >= 15 is 0 Å². The molecule has 4 nitrogen and oxygen atoms in total. The van der Waals surface area contributed by atoms with Crippen LogP contribution in [0.1, 0.15) is 17.3 Å². The van der Waals surface area contributed by atoms with Crippen LogP contribution in [0.3, 0.4) is 0 Å². The van der Waals surface area contributed by atoms with Gasteiger partial charge in [0, 0.05) is 17.8 Å². The molecule has 0 aliphatic heterocycles. The Kier molecular flexibility index (Phi) is 3.89. The maximum absolute atomic E-state index is 11.9. The highest BCUT2D eigenvalue weighted by Gasteiger charge is 2.10. The standard InChI is InChI=1S/C12H11Cl2N3O/c1-2-17-7-8(6-15-17)12(18)16-11-5-9(13)3-4-10(11)14/h3-7H,2H2,1H3,(H,16,18). The fraction of sp³-hybridized carbons (Fsp3) is 0.167. The van der Waals surface area contributed by atoms with Crippen LogP contribution in [0.5, 0.6) is 0 Å². The predicted octanol–water partition coefficient (Wildman–Crippen LogP) is 3.46. The second kappa shape index (κ2) is 5.42. The van der Waals surface area contributed by atoms with E-state index < -0.39 is 0 Å². The van der Waals surface area contributed by atoms with Crippen LogP contribution in [0.4, 0.5) is 5.69 Å². The molecule has 1 aromatic heterocycles. The number of carbonyl (C=O) groups is 1. The van der Waals surface area contributed by atoms with Gasteiger partial charge in [0.1, 0.15) is 0 Å². The average Bonchev–Trinajstić information content (AvgIpc) is 2.82. The Bertz CT molecular complexity index is 580. The predicted molar refractivity (Wildman–Crippen MR) is 72.3 cm³/mol. The molecule has 0 radical (unpaired) electrons. The third kappa shape index (κ3) is 2.83. The zero-order valence-electron chi connectivity index (χ0n) is 9.65. The largest absolute Gasteiger partial charge is 0.320 e. The van der Waals surface area contributed by atoms with Gasteiger partial charge in [0.25, 0.3) is 5.91 Å². The van der Waals surface area contributed by atoms with E-state index in [1.165, 1.54) is 6.20 Å². The summed E-state index contributed by atoms with van der Waals surface area (Å²) in [5.41, 5.74) is 0.964. The monoisotopic (exact) mass is 283 g/mol. The van der Waals surface area contributed by atoms with Crippen molar-refractivity contribution >= 4 is 34.8 Å². The van der Waals surface area contributed by atoms with Crippen molar-refractivity contribution in [3.8, 4) is 0 Å². The van der Waals surface area contributed by atoms with Crippen molar-refractivity contribution in [2.45, 2.75) is 13.5 Å². The van der Waals surface area contributed by atoms with Crippen molar-refractivity contribution in [1.82, 2.24) is 9.78 Å². The molecule has 0 saturated carbocycles. The second-order valence-corrected chi connectivity index (χ2v) is 4.51. The number of anilines is 1. The molecule has 94 valence electrons. The number of aromatic nitrogens is 2. The first-order valence-corrected chi connectivity index (χ1v) is 6.14. The Morgan fingerprint density at radius 2 is 2.22 bits per heavy atom. The lowest BCUT2D eigenvalue weighted by Gasteiger charge is -2.06. The third-order valence-electron chi connectivity index (χ3n) is 2.40. The lowest BCUT2D eigenvalue weighted by Crippen LogP contribution is -2.11. The van der Waals surface area contributed by atoms with Gasteiger partial charge in [-0.15, -0.1) is 0 Å². The SMILES string of the molecule is CCn1cc(C(=O)Nc2cc(Cl)ccc2Cl)cn1. The van der Waals surface area contributed by atoms with Crippen LogP contribution in [0, 0.1) is 0 Å². The summed E-state index contributed by atoms with van der Waals surface area (Å²) in [4.78, 5) is 11.9. The Balaban J connectivity index is 2.18. The van der Waals surface area contributed by atoms with Crippen LogP contribution in [-0.4, -0.2) is 15.7 Å². The topological polar surface area (TPSA) is 46.9 Å². The van der Waals surface area contributed by atoms with E-state index in [0.717, 1.165) is 0 Å². The van der Waals surface area contributed by atoms with Crippen molar-refractivity contribution < 1.29 is 4.79 Å². The number of benzene rings is 1. The summed E-state index contributed by atoms with van der Waals surface area (Å²) < 4.78 is 1.68. The number of hydrogen-bond donors (Lipinski definition) is 1. The highest BCUT2D eigenvalue weighted by Crippen LogP contribution is 2.25. The van der Waals surface area contributed by atoms with Gasteiger partial charge in [-0.1, -0.05) is 23.2 Å². The van der Waals surface area contributed by atoms with E-state index in [1.54, 1.807) is 29.1 Å². The van der Waals surface area contributed by atoms with E-state index in [4.69, 9.17) is 23.2 Å². The first-order valence-electron chi connectivity index (χ1n) is 5.39. The highest BCUT2D eigenvalue weighted by molar-refractivity contribution is 6.35. The van der Waals surface area contributed by atoms with E-state index in [1.807, 2.05) is 6.92 Å². The van der Waals surface area contributed by atoms with Gasteiger partial charge < -0.3 is 5.32 Å². The summed E-state index contributed by atoms with van der Waals surface area (Å²) in [6.07, 6.45) is 3.19. The molecule has 1 amide bonds. The van der Waals surface area contributed by atoms with Gasteiger partial charge in [0.2, 0.25) is 0 Å². The van der Waals surface area contributed by atoms with E-state index in [0.29, 0.717) is 27.8 Å². The number of amides is 1. The first kappa shape index (κ1) is 12.9. The number of aryl methyl sites for hydroxylation is 1. The van der Waals surface area contributed by atoms with Gasteiger partial charge in [-0.2, -0.15) is 5.10 Å². The van der Waals surface area contributed by atoms with Crippen LogP contribution in [0.25, 0.3) is 0 Å². The van der Waals surface area contributed by atoms with Gasteiger partial charge in [-0.25, -0.2) is 0 Å². The molecule has 0 atom stereocenters. The van der Waals surface area contributed by atoms with E-state index in [2.05, 4.69) is 10.4 Å². The molecule has 2 rings (SSSR count). The zero-order chi connectivity index (χ0) is 13.1. The van der Waals surface area contributed by atoms with Crippen molar-refractivity contribution in [2.75, 3.05) is 5.32 Å². The quantitative estimate of drug-likeness (QED) is 0.938. The number of rotatable bonds is 3. The summed E-state index contributed by atoms with van der Waals surface area (Å²) in [5, 5.41) is 7.68. The Hall–Kier alpha value is -1.52. The minimum Gasteiger partial charge on any atom is -0.320 e. The number of halogens is 2. The minimum absolute atomic E-state index is 0.265. The van der Waals surface area contributed by atoms with Gasteiger partial charge in [0.05, 0.1) is 22.5 Å². The normalized spacial score (nSPS) is 10.4. The maximum Gasteiger partial charge on any atom is 0.258 e. The van der Waals surface area contributed by atoms with Crippen molar-refractivity contribution in [3.63, 3.8) is 0 Å². The molecule has 0 spiro atoms. The molecule has 2 aromatic rings. The number of nitrogens with zero attached hydrogens (tertiary/aromatic N) is 2. The molecule has 1 N–H and O–H groups in total. The zero-order valence-corrected chi connectivity index (χ0v) is 11.2. The van der Waals surface area contributed by atoms with E-state index in [-0.39, 0.29) is 5.91 Å². The molecule has 0 aliphatic carbocycles. The molecule has 18 heavy (non-hydrogen) atoms. The van der Waals surface area contributed by atoms with E-state index in [9.17, 15) is 4.79 Å². The third-order valence-corrected chi connectivity index (χ3v) is 2.96. The average molecular weight is 284 g/mol. The summed E-state index contributed by atoms with van der Waals surface area (Å²) in [7, 11) is 0. The molecule has 0 saturated heterocycles. The highest BCUT2D eigenvalue weighted by atomic mass is 35.5. The number of hydrogen-bond acceptors (Lipinski definition) is 2. The first-order chi connectivity index (χ1) is 8.60. The van der Waals surface area contributed by atoms with Crippen LogP contribution in [-0.2, 0) is 6.54 Å². The Morgan fingerprint density at radius 1 is 1.44 bits per heavy atom. The molecule has 0 bridgehead atoms. The lowest BCUT2D eigenvalue weighted by molar-refractivity contribution is 0.102. The summed E-state index contributed by atoms with van der Waals surface area (Å²) in [5.74, 6) is -0.265. The molecular weight excluding hydrogens is 273 g/mol. The molecule has 1 heterocycles. The number of nitrogens with one attached hydrogen (secondary N) is 1.